The van der Waals surface area contributed by atoms with Crippen molar-refractivity contribution in [2.24, 2.45) is 23.5 Å². The van der Waals surface area contributed by atoms with Gasteiger partial charge in [0, 0.05) is 30.6 Å². The predicted molar refractivity (Wildman–Crippen MR) is 110 cm³/mol. The van der Waals surface area contributed by atoms with Gasteiger partial charge in [0.05, 0.1) is 6.54 Å². The third-order valence-corrected chi connectivity index (χ3v) is 7.48. The standard InChI is InChI=1S/C22H31N3O.ClH/c23-20-13-25(12-19(20)18-4-2-1-3-5-18)14-21(26)24-22-9-15-6-16(10-22)8-17(7-15)11-22;/h1-5,15-17,19-20H,6-14,23H2,(H,24,26);1H/t15?,16?,17?,19-,20+,22?;/m0./s1. The van der Waals surface area contributed by atoms with Crippen LogP contribution in [-0.2, 0) is 4.79 Å². The van der Waals surface area contributed by atoms with Crippen LogP contribution in [0, 0.1) is 17.8 Å². The first-order valence-corrected chi connectivity index (χ1v) is 10.4. The van der Waals surface area contributed by atoms with Gasteiger partial charge >= 0.3 is 0 Å². The van der Waals surface area contributed by atoms with Crippen LogP contribution in [0.2, 0.25) is 0 Å². The first kappa shape index (κ1) is 19.2. The molecule has 5 fully saturated rings. The lowest BCUT2D eigenvalue weighted by molar-refractivity contribution is -0.127. The summed E-state index contributed by atoms with van der Waals surface area (Å²) in [4.78, 5) is 15.1. The number of benzene rings is 1. The number of likely N-dealkylation sites (tertiary alicyclic amines) is 1. The van der Waals surface area contributed by atoms with Crippen LogP contribution in [0.1, 0.15) is 50.0 Å². The Labute approximate surface area is 168 Å². The second-order valence-electron chi connectivity index (χ2n) is 9.62. The molecule has 0 spiro atoms. The quantitative estimate of drug-likeness (QED) is 0.832. The summed E-state index contributed by atoms with van der Waals surface area (Å²) in [5.74, 6) is 3.15. The van der Waals surface area contributed by atoms with E-state index in [1.54, 1.807) is 0 Å². The van der Waals surface area contributed by atoms with Crippen molar-refractivity contribution in [3.63, 3.8) is 0 Å². The molecule has 4 bridgehead atoms. The molecule has 6 rings (SSSR count). The molecule has 0 unspecified atom stereocenters. The molecule has 1 aliphatic heterocycles. The average molecular weight is 390 g/mol. The summed E-state index contributed by atoms with van der Waals surface area (Å²) in [5, 5.41) is 3.50. The Morgan fingerprint density at radius 1 is 1.04 bits per heavy atom. The second-order valence-corrected chi connectivity index (χ2v) is 9.62. The van der Waals surface area contributed by atoms with E-state index in [9.17, 15) is 4.79 Å². The van der Waals surface area contributed by atoms with Crippen molar-refractivity contribution in [1.82, 2.24) is 10.2 Å². The van der Waals surface area contributed by atoms with Crippen molar-refractivity contribution in [3.05, 3.63) is 35.9 Å². The molecule has 1 aromatic carbocycles. The van der Waals surface area contributed by atoms with Crippen molar-refractivity contribution in [1.29, 1.82) is 0 Å². The summed E-state index contributed by atoms with van der Waals surface area (Å²) in [6.45, 7) is 2.20. The van der Waals surface area contributed by atoms with E-state index in [4.69, 9.17) is 5.73 Å². The number of hydrogen-bond donors (Lipinski definition) is 2. The number of rotatable bonds is 4. The minimum Gasteiger partial charge on any atom is -0.350 e. The fraction of sp³-hybridized carbons (Fsp3) is 0.682. The van der Waals surface area contributed by atoms with Crippen LogP contribution in [-0.4, -0.2) is 42.0 Å². The molecule has 1 aromatic rings. The number of nitrogens with two attached hydrogens (primary N) is 1. The lowest BCUT2D eigenvalue weighted by atomic mass is 9.53. The summed E-state index contributed by atoms with van der Waals surface area (Å²) in [7, 11) is 0. The van der Waals surface area contributed by atoms with Gasteiger partial charge in [0.1, 0.15) is 0 Å². The van der Waals surface area contributed by atoms with Crippen molar-refractivity contribution in [2.75, 3.05) is 19.6 Å². The monoisotopic (exact) mass is 389 g/mol. The number of amides is 1. The second kappa shape index (κ2) is 7.38. The molecule has 5 aliphatic rings. The SMILES string of the molecule is Cl.N[C@@H]1CN(CC(=O)NC23CC4CC(CC(C4)C2)C3)C[C@H]1c1ccccc1. The zero-order chi connectivity index (χ0) is 17.7. The fourth-order valence-corrected chi connectivity index (χ4v) is 6.90. The van der Waals surface area contributed by atoms with Crippen LogP contribution >= 0.6 is 12.4 Å². The van der Waals surface area contributed by atoms with Crippen LogP contribution in [0.3, 0.4) is 0 Å². The first-order chi connectivity index (χ1) is 12.6. The number of halogens is 1. The highest BCUT2D eigenvalue weighted by atomic mass is 35.5. The van der Waals surface area contributed by atoms with Gasteiger partial charge < -0.3 is 11.1 Å². The molecule has 3 N–H and O–H groups in total. The maximum Gasteiger partial charge on any atom is 0.234 e. The maximum absolute atomic E-state index is 12.8. The highest BCUT2D eigenvalue weighted by Gasteiger charge is 2.51. The Kier molecular flexibility index (Phi) is 5.26. The lowest BCUT2D eigenvalue weighted by Gasteiger charge is -2.57. The maximum atomic E-state index is 12.8. The number of hydrogen-bond acceptors (Lipinski definition) is 3. The lowest BCUT2D eigenvalue weighted by Crippen LogP contribution is -2.60. The van der Waals surface area contributed by atoms with E-state index >= 15 is 0 Å². The predicted octanol–water partition coefficient (Wildman–Crippen LogP) is 2.92. The molecule has 5 heteroatoms. The average Bonchev–Trinajstić information content (AvgIpc) is 2.94. The van der Waals surface area contributed by atoms with Crippen molar-refractivity contribution in [3.8, 4) is 0 Å². The minimum absolute atomic E-state index is 0. The Morgan fingerprint density at radius 3 is 2.22 bits per heavy atom. The van der Waals surface area contributed by atoms with Gasteiger partial charge in [-0.05, 0) is 61.8 Å². The molecule has 4 saturated carbocycles. The van der Waals surface area contributed by atoms with Crippen LogP contribution in [0.15, 0.2) is 30.3 Å². The first-order valence-electron chi connectivity index (χ1n) is 10.4. The Morgan fingerprint density at radius 2 is 1.63 bits per heavy atom. The van der Waals surface area contributed by atoms with Gasteiger partial charge in [-0.15, -0.1) is 12.4 Å². The molecule has 1 heterocycles. The van der Waals surface area contributed by atoms with Gasteiger partial charge in [-0.1, -0.05) is 30.3 Å². The Hall–Kier alpha value is -1.10. The highest BCUT2D eigenvalue weighted by molar-refractivity contribution is 5.85. The molecular formula is C22H32ClN3O. The summed E-state index contributed by atoms with van der Waals surface area (Å²) in [5.41, 5.74) is 7.80. The Balaban J connectivity index is 0.00000180. The third kappa shape index (κ3) is 3.76. The van der Waals surface area contributed by atoms with Crippen LogP contribution < -0.4 is 11.1 Å². The van der Waals surface area contributed by atoms with E-state index in [0.717, 1.165) is 30.8 Å². The number of carbonyl (C=O) groups excluding carboxylic acids is 1. The normalized spacial score (nSPS) is 40.0. The Bertz CT molecular complexity index is 644. The third-order valence-electron chi connectivity index (χ3n) is 7.48. The number of carbonyl (C=O) groups is 1. The van der Waals surface area contributed by atoms with E-state index in [1.165, 1.54) is 44.1 Å². The van der Waals surface area contributed by atoms with Gasteiger partial charge in [0.15, 0.2) is 0 Å². The van der Waals surface area contributed by atoms with E-state index in [2.05, 4.69) is 34.5 Å². The largest absolute Gasteiger partial charge is 0.350 e. The number of nitrogens with one attached hydrogen (secondary N) is 1. The number of nitrogens with zero attached hydrogens (tertiary/aromatic N) is 1. The molecule has 27 heavy (non-hydrogen) atoms. The highest BCUT2D eigenvalue weighted by Crippen LogP contribution is 2.55. The molecule has 1 saturated heterocycles. The summed E-state index contributed by atoms with van der Waals surface area (Å²) >= 11 is 0. The summed E-state index contributed by atoms with van der Waals surface area (Å²) in [6.07, 6.45) is 7.89. The van der Waals surface area contributed by atoms with Gasteiger partial charge in [0.2, 0.25) is 5.91 Å². The molecule has 1 amide bonds. The zero-order valence-corrected chi connectivity index (χ0v) is 16.8. The molecule has 148 valence electrons. The molecule has 2 atom stereocenters. The van der Waals surface area contributed by atoms with Crippen molar-refractivity contribution >= 4 is 18.3 Å². The molecule has 0 radical (unpaired) electrons. The van der Waals surface area contributed by atoms with Gasteiger partial charge in [0.25, 0.3) is 0 Å². The molecular weight excluding hydrogens is 358 g/mol. The molecule has 4 nitrogen and oxygen atoms in total. The summed E-state index contributed by atoms with van der Waals surface area (Å²) in [6, 6.07) is 10.6. The van der Waals surface area contributed by atoms with Crippen LogP contribution in [0.5, 0.6) is 0 Å². The molecule has 0 aromatic heterocycles. The van der Waals surface area contributed by atoms with Crippen molar-refractivity contribution in [2.45, 2.75) is 56.0 Å². The van der Waals surface area contributed by atoms with E-state index < -0.39 is 0 Å². The summed E-state index contributed by atoms with van der Waals surface area (Å²) < 4.78 is 0. The van der Waals surface area contributed by atoms with Gasteiger partial charge in [-0.25, -0.2) is 0 Å². The van der Waals surface area contributed by atoms with Crippen molar-refractivity contribution < 1.29 is 4.79 Å². The van der Waals surface area contributed by atoms with Gasteiger partial charge in [-0.2, -0.15) is 0 Å². The fourth-order valence-electron chi connectivity index (χ4n) is 6.90. The zero-order valence-electron chi connectivity index (χ0n) is 16.0. The minimum atomic E-state index is 0. The van der Waals surface area contributed by atoms with Crippen LogP contribution in [0.25, 0.3) is 0 Å². The van der Waals surface area contributed by atoms with E-state index in [-0.39, 0.29) is 29.9 Å². The smallest absolute Gasteiger partial charge is 0.234 e. The van der Waals surface area contributed by atoms with Gasteiger partial charge in [-0.3, -0.25) is 9.69 Å². The van der Waals surface area contributed by atoms with Crippen LogP contribution in [0.4, 0.5) is 0 Å². The molecule has 4 aliphatic carbocycles. The van der Waals surface area contributed by atoms with E-state index in [0.29, 0.717) is 12.5 Å². The topological polar surface area (TPSA) is 58.4 Å². The van der Waals surface area contributed by atoms with E-state index in [1.807, 2.05) is 6.07 Å².